The van der Waals surface area contributed by atoms with Gasteiger partial charge in [-0.2, -0.15) is 0 Å². The van der Waals surface area contributed by atoms with E-state index in [4.69, 9.17) is 0 Å². The smallest absolute Gasteiger partial charge is 0.217 e. The van der Waals surface area contributed by atoms with Crippen LogP contribution in [0.2, 0.25) is 0 Å². The second-order valence-electron chi connectivity index (χ2n) is 4.92. The minimum atomic E-state index is -0.0521. The largest absolute Gasteiger partial charge is 0.345 e. The molecule has 0 unspecified atom stereocenters. The van der Waals surface area contributed by atoms with E-state index in [9.17, 15) is 4.79 Å². The van der Waals surface area contributed by atoms with Crippen LogP contribution in [-0.4, -0.2) is 12.5 Å². The van der Waals surface area contributed by atoms with Crippen LogP contribution in [0.15, 0.2) is 42.5 Å². The van der Waals surface area contributed by atoms with Crippen molar-refractivity contribution in [3.8, 4) is 23.0 Å². The van der Waals surface area contributed by atoms with Gasteiger partial charge in [-0.3, -0.25) is 4.79 Å². The Labute approximate surface area is 118 Å². The van der Waals surface area contributed by atoms with Crippen LogP contribution >= 0.6 is 0 Å². The minimum absolute atomic E-state index is 0.0521. The first kappa shape index (κ1) is 12.5. The van der Waals surface area contributed by atoms with Gasteiger partial charge in [-0.25, -0.2) is 0 Å². The third kappa shape index (κ3) is 2.44. The van der Waals surface area contributed by atoms with E-state index >= 15 is 0 Å². The third-order valence-electron chi connectivity index (χ3n) is 3.45. The van der Waals surface area contributed by atoms with E-state index in [0.29, 0.717) is 6.54 Å². The molecule has 1 aliphatic carbocycles. The molecule has 2 aromatic carbocycles. The van der Waals surface area contributed by atoms with Crippen LogP contribution in [0.25, 0.3) is 11.1 Å². The van der Waals surface area contributed by atoms with E-state index in [0.717, 1.165) is 12.0 Å². The Hall–Kier alpha value is -2.53. The number of nitrogens with one attached hydrogen (secondary N) is 1. The average molecular weight is 261 g/mol. The summed E-state index contributed by atoms with van der Waals surface area (Å²) >= 11 is 0. The molecule has 2 heteroatoms. The molecule has 0 radical (unpaired) electrons. The maximum absolute atomic E-state index is 10.8. The Bertz CT molecular complexity index is 735. The molecule has 3 rings (SSSR count). The van der Waals surface area contributed by atoms with Crippen LogP contribution in [-0.2, 0) is 11.2 Å². The number of benzene rings is 2. The molecular formula is C18H15NO. The Morgan fingerprint density at radius 3 is 2.80 bits per heavy atom. The number of carbonyl (C=O) groups is 1. The van der Waals surface area contributed by atoms with Crippen LogP contribution in [0.5, 0.6) is 0 Å². The van der Waals surface area contributed by atoms with Crippen LogP contribution in [0, 0.1) is 11.8 Å². The first-order valence-electron chi connectivity index (χ1n) is 6.68. The van der Waals surface area contributed by atoms with Gasteiger partial charge in [0, 0.05) is 12.5 Å². The van der Waals surface area contributed by atoms with E-state index in [-0.39, 0.29) is 5.91 Å². The SMILES string of the molecule is CC(=O)NCC#Cc1ccc2c(c1)Cc1ccccc1-2. The standard InChI is InChI=1S/C18H15NO/c1-13(20)19-10-4-5-14-8-9-18-16(11-14)12-15-6-2-3-7-17(15)18/h2-3,6-9,11H,10,12H2,1H3,(H,19,20). The maximum atomic E-state index is 10.8. The fourth-order valence-electron chi connectivity index (χ4n) is 2.54. The van der Waals surface area contributed by atoms with E-state index < -0.39 is 0 Å². The monoisotopic (exact) mass is 261 g/mol. The second-order valence-corrected chi connectivity index (χ2v) is 4.92. The number of fused-ring (bicyclic) bond motifs is 3. The molecule has 0 spiro atoms. The highest BCUT2D eigenvalue weighted by Crippen LogP contribution is 2.36. The van der Waals surface area contributed by atoms with E-state index in [2.05, 4.69) is 53.6 Å². The van der Waals surface area contributed by atoms with Gasteiger partial charge in [0.1, 0.15) is 0 Å². The summed E-state index contributed by atoms with van der Waals surface area (Å²) < 4.78 is 0. The molecule has 1 amide bonds. The maximum Gasteiger partial charge on any atom is 0.217 e. The Kier molecular flexibility index (Phi) is 3.26. The number of hydrogen-bond acceptors (Lipinski definition) is 1. The zero-order valence-electron chi connectivity index (χ0n) is 11.4. The Morgan fingerprint density at radius 2 is 1.95 bits per heavy atom. The lowest BCUT2D eigenvalue weighted by Crippen LogP contribution is -2.19. The predicted octanol–water partition coefficient (Wildman–Crippen LogP) is 2.75. The van der Waals surface area contributed by atoms with E-state index in [1.807, 2.05) is 6.07 Å². The summed E-state index contributed by atoms with van der Waals surface area (Å²) in [5.74, 6) is 6.00. The molecule has 0 heterocycles. The van der Waals surface area contributed by atoms with E-state index in [1.165, 1.54) is 29.2 Å². The summed E-state index contributed by atoms with van der Waals surface area (Å²) in [5, 5.41) is 2.67. The Balaban J connectivity index is 1.82. The molecule has 2 aromatic rings. The van der Waals surface area contributed by atoms with Crippen LogP contribution in [0.4, 0.5) is 0 Å². The molecule has 1 N–H and O–H groups in total. The van der Waals surface area contributed by atoms with Gasteiger partial charge in [-0.05, 0) is 40.8 Å². The zero-order valence-corrected chi connectivity index (χ0v) is 11.4. The van der Waals surface area contributed by atoms with Crippen LogP contribution < -0.4 is 5.32 Å². The lowest BCUT2D eigenvalue weighted by Gasteiger charge is -2.00. The first-order chi connectivity index (χ1) is 9.74. The highest BCUT2D eigenvalue weighted by Gasteiger charge is 2.17. The van der Waals surface area contributed by atoms with Gasteiger partial charge >= 0.3 is 0 Å². The van der Waals surface area contributed by atoms with Crippen LogP contribution in [0.1, 0.15) is 23.6 Å². The topological polar surface area (TPSA) is 29.1 Å². The average Bonchev–Trinajstić information content (AvgIpc) is 2.81. The quantitative estimate of drug-likeness (QED) is 0.670. The molecule has 0 atom stereocenters. The second kappa shape index (κ2) is 5.22. The molecule has 0 saturated carbocycles. The lowest BCUT2D eigenvalue weighted by molar-refractivity contribution is -0.118. The fourth-order valence-corrected chi connectivity index (χ4v) is 2.54. The molecule has 0 bridgehead atoms. The molecule has 0 fully saturated rings. The van der Waals surface area contributed by atoms with Crippen molar-refractivity contribution in [2.45, 2.75) is 13.3 Å². The number of rotatable bonds is 1. The molecule has 0 aliphatic heterocycles. The molecule has 1 aliphatic rings. The van der Waals surface area contributed by atoms with Gasteiger partial charge in [0.15, 0.2) is 0 Å². The van der Waals surface area contributed by atoms with Gasteiger partial charge in [0.25, 0.3) is 0 Å². The van der Waals surface area contributed by atoms with Crippen molar-refractivity contribution >= 4 is 5.91 Å². The van der Waals surface area contributed by atoms with Gasteiger partial charge in [-0.15, -0.1) is 0 Å². The molecule has 0 saturated heterocycles. The third-order valence-corrected chi connectivity index (χ3v) is 3.45. The number of amides is 1. The summed E-state index contributed by atoms with van der Waals surface area (Å²) in [6.07, 6.45) is 0.979. The summed E-state index contributed by atoms with van der Waals surface area (Å²) in [6, 6.07) is 14.8. The predicted molar refractivity (Wildman–Crippen MR) is 80.2 cm³/mol. The first-order valence-corrected chi connectivity index (χ1v) is 6.68. The molecular weight excluding hydrogens is 246 g/mol. The minimum Gasteiger partial charge on any atom is -0.345 e. The van der Waals surface area contributed by atoms with Gasteiger partial charge in [0.2, 0.25) is 5.91 Å². The van der Waals surface area contributed by atoms with Crippen LogP contribution in [0.3, 0.4) is 0 Å². The molecule has 20 heavy (non-hydrogen) atoms. The molecule has 98 valence electrons. The zero-order chi connectivity index (χ0) is 13.9. The highest BCUT2D eigenvalue weighted by molar-refractivity contribution is 5.77. The summed E-state index contributed by atoms with van der Waals surface area (Å²) in [6.45, 7) is 1.89. The molecule has 2 nitrogen and oxygen atoms in total. The van der Waals surface area contributed by atoms with Gasteiger partial charge < -0.3 is 5.32 Å². The van der Waals surface area contributed by atoms with Crippen molar-refractivity contribution in [1.29, 1.82) is 0 Å². The van der Waals surface area contributed by atoms with Crippen molar-refractivity contribution in [1.82, 2.24) is 5.32 Å². The van der Waals surface area contributed by atoms with Crippen molar-refractivity contribution in [3.63, 3.8) is 0 Å². The summed E-state index contributed by atoms with van der Waals surface area (Å²) in [4.78, 5) is 10.8. The van der Waals surface area contributed by atoms with Gasteiger partial charge in [-0.1, -0.05) is 42.2 Å². The van der Waals surface area contributed by atoms with E-state index in [1.54, 1.807) is 0 Å². The van der Waals surface area contributed by atoms with Crippen molar-refractivity contribution in [3.05, 3.63) is 59.2 Å². The summed E-state index contributed by atoms with van der Waals surface area (Å²) in [5.41, 5.74) is 6.36. The van der Waals surface area contributed by atoms with Gasteiger partial charge in [0.05, 0.1) is 6.54 Å². The number of carbonyl (C=O) groups excluding carboxylic acids is 1. The highest BCUT2D eigenvalue weighted by atomic mass is 16.1. The fraction of sp³-hybridized carbons (Fsp3) is 0.167. The summed E-state index contributed by atoms with van der Waals surface area (Å²) in [7, 11) is 0. The van der Waals surface area contributed by atoms with Crippen molar-refractivity contribution in [2.24, 2.45) is 0 Å². The number of hydrogen-bond donors (Lipinski definition) is 1. The van der Waals surface area contributed by atoms with Crippen molar-refractivity contribution < 1.29 is 4.79 Å². The molecule has 0 aromatic heterocycles. The Morgan fingerprint density at radius 1 is 1.15 bits per heavy atom. The normalized spacial score (nSPS) is 11.1. The lowest BCUT2D eigenvalue weighted by atomic mass is 10.0. The van der Waals surface area contributed by atoms with Crippen molar-refractivity contribution in [2.75, 3.05) is 6.54 Å².